The minimum absolute atomic E-state index is 0.0798. The monoisotopic (exact) mass is 419 g/mol. The summed E-state index contributed by atoms with van der Waals surface area (Å²) in [6.45, 7) is 2.07. The number of hydrogen-bond donors (Lipinski definition) is 1. The Morgan fingerprint density at radius 1 is 1.16 bits per heavy atom. The molecule has 0 bridgehead atoms. The van der Waals surface area contributed by atoms with Crippen molar-refractivity contribution in [2.24, 2.45) is 5.10 Å². The summed E-state index contributed by atoms with van der Waals surface area (Å²) in [7, 11) is 3.24. The lowest BCUT2D eigenvalue weighted by Crippen LogP contribution is -2.32. The molecule has 1 amide bonds. The van der Waals surface area contributed by atoms with Crippen molar-refractivity contribution >= 4 is 17.3 Å². The number of nitrogens with one attached hydrogen (secondary N) is 1. The maximum atomic E-state index is 13.1. The Bertz CT molecular complexity index is 1070. The van der Waals surface area contributed by atoms with Crippen molar-refractivity contribution in [2.75, 3.05) is 26.1 Å². The normalized spacial score (nSPS) is 15.5. The molecule has 2 heterocycles. The Morgan fingerprint density at radius 3 is 2.65 bits per heavy atom. The largest absolute Gasteiger partial charge is 0.497 e. The molecule has 2 aromatic carbocycles. The third kappa shape index (κ3) is 4.40. The number of carbonyl (C=O) groups is 1. The first-order chi connectivity index (χ1) is 15.1. The van der Waals surface area contributed by atoms with E-state index in [1.807, 2.05) is 61.5 Å². The highest BCUT2D eigenvalue weighted by Gasteiger charge is 2.34. The molecule has 3 aromatic rings. The summed E-state index contributed by atoms with van der Waals surface area (Å²) in [4.78, 5) is 13.1. The molecule has 0 radical (unpaired) electrons. The molecule has 7 nitrogen and oxygen atoms in total. The van der Waals surface area contributed by atoms with Crippen molar-refractivity contribution in [3.8, 4) is 11.5 Å². The zero-order valence-corrected chi connectivity index (χ0v) is 17.8. The first-order valence-electron chi connectivity index (χ1n) is 10.0. The van der Waals surface area contributed by atoms with Crippen LogP contribution in [0.15, 0.2) is 70.4 Å². The van der Waals surface area contributed by atoms with Crippen LogP contribution in [0.1, 0.15) is 29.3 Å². The zero-order valence-electron chi connectivity index (χ0n) is 17.8. The van der Waals surface area contributed by atoms with Crippen LogP contribution < -0.4 is 14.8 Å². The predicted molar refractivity (Wildman–Crippen MR) is 119 cm³/mol. The minimum Gasteiger partial charge on any atom is -0.497 e. The van der Waals surface area contributed by atoms with Crippen molar-refractivity contribution in [1.82, 2.24) is 5.01 Å². The number of rotatable bonds is 7. The lowest BCUT2D eigenvalue weighted by atomic mass is 10.0. The molecule has 0 fully saturated rings. The van der Waals surface area contributed by atoms with Gasteiger partial charge < -0.3 is 19.2 Å². The number of hydrogen-bond acceptors (Lipinski definition) is 6. The van der Waals surface area contributed by atoms with E-state index in [0.29, 0.717) is 17.9 Å². The highest BCUT2D eigenvalue weighted by Crippen LogP contribution is 2.33. The topological polar surface area (TPSA) is 76.3 Å². The number of nitrogens with zero attached hydrogens (tertiary/aromatic N) is 2. The smallest absolute Gasteiger partial charge is 0.262 e. The molecule has 31 heavy (non-hydrogen) atoms. The molecule has 1 aliphatic rings. The highest BCUT2D eigenvalue weighted by atomic mass is 16.5. The SMILES string of the molecule is COc1ccc(C2=NN(C(=O)CNc3cc(C)ccc3OC)[C@@H](c3ccco3)C2)cc1. The number of anilines is 1. The van der Waals surface area contributed by atoms with E-state index in [0.717, 1.165) is 28.3 Å². The molecule has 0 unspecified atom stereocenters. The standard InChI is InChI=1S/C24H25N3O4/c1-16-6-11-22(30-3)20(13-16)25-15-24(28)27-21(23-5-4-12-31-23)14-19(26-27)17-7-9-18(29-2)10-8-17/h4-13,21,25H,14-15H2,1-3H3/t21-/m1/s1. The third-order valence-corrected chi connectivity index (χ3v) is 5.25. The quantitative estimate of drug-likeness (QED) is 0.614. The van der Waals surface area contributed by atoms with Crippen molar-refractivity contribution in [2.45, 2.75) is 19.4 Å². The van der Waals surface area contributed by atoms with Gasteiger partial charge in [-0.05, 0) is 66.6 Å². The number of aryl methyl sites for hydroxylation is 1. The van der Waals surface area contributed by atoms with Crippen molar-refractivity contribution in [3.63, 3.8) is 0 Å². The van der Waals surface area contributed by atoms with Gasteiger partial charge in [-0.2, -0.15) is 5.10 Å². The van der Waals surface area contributed by atoms with Crippen LogP contribution in [0, 0.1) is 6.92 Å². The van der Waals surface area contributed by atoms with Crippen molar-refractivity contribution < 1.29 is 18.7 Å². The molecule has 160 valence electrons. The van der Waals surface area contributed by atoms with Crippen LogP contribution in [-0.4, -0.2) is 37.4 Å². The van der Waals surface area contributed by atoms with Gasteiger partial charge in [0.25, 0.3) is 5.91 Å². The second kappa shape index (κ2) is 8.95. The van der Waals surface area contributed by atoms with Crippen LogP contribution in [0.2, 0.25) is 0 Å². The van der Waals surface area contributed by atoms with Crippen LogP contribution in [-0.2, 0) is 4.79 Å². The second-order valence-electron chi connectivity index (χ2n) is 7.31. The van der Waals surface area contributed by atoms with E-state index in [9.17, 15) is 4.79 Å². The fourth-order valence-corrected chi connectivity index (χ4v) is 3.61. The molecule has 0 spiro atoms. The third-order valence-electron chi connectivity index (χ3n) is 5.25. The molecular weight excluding hydrogens is 394 g/mol. The van der Waals surface area contributed by atoms with Crippen LogP contribution in [0.3, 0.4) is 0 Å². The summed E-state index contributed by atoms with van der Waals surface area (Å²) >= 11 is 0. The van der Waals surface area contributed by atoms with E-state index in [2.05, 4.69) is 10.4 Å². The van der Waals surface area contributed by atoms with Crippen LogP contribution in [0.25, 0.3) is 0 Å². The fraction of sp³-hybridized carbons (Fsp3) is 0.250. The number of furan rings is 1. The predicted octanol–water partition coefficient (Wildman–Crippen LogP) is 4.40. The molecule has 0 saturated heterocycles. The van der Waals surface area contributed by atoms with E-state index < -0.39 is 0 Å². The number of hydrazone groups is 1. The molecule has 7 heteroatoms. The molecule has 1 aromatic heterocycles. The van der Waals surface area contributed by atoms with E-state index in [1.165, 1.54) is 5.01 Å². The Morgan fingerprint density at radius 2 is 1.97 bits per heavy atom. The average molecular weight is 419 g/mol. The van der Waals surface area contributed by atoms with Crippen LogP contribution in [0.4, 0.5) is 5.69 Å². The van der Waals surface area contributed by atoms with Crippen LogP contribution in [0.5, 0.6) is 11.5 Å². The van der Waals surface area contributed by atoms with E-state index >= 15 is 0 Å². The summed E-state index contributed by atoms with van der Waals surface area (Å²) in [6, 6.07) is 16.8. The number of benzene rings is 2. The van der Waals surface area contributed by atoms with Gasteiger partial charge in [0.15, 0.2) is 0 Å². The fourth-order valence-electron chi connectivity index (χ4n) is 3.61. The van der Waals surface area contributed by atoms with E-state index in [1.54, 1.807) is 20.5 Å². The van der Waals surface area contributed by atoms with Crippen molar-refractivity contribution in [3.05, 3.63) is 77.7 Å². The van der Waals surface area contributed by atoms with Gasteiger partial charge in [-0.1, -0.05) is 6.07 Å². The van der Waals surface area contributed by atoms with Gasteiger partial charge >= 0.3 is 0 Å². The van der Waals surface area contributed by atoms with Gasteiger partial charge in [0.05, 0.1) is 38.4 Å². The number of carbonyl (C=O) groups excluding carboxylic acids is 1. The Hall–Kier alpha value is -3.74. The molecule has 1 N–H and O–H groups in total. The van der Waals surface area contributed by atoms with Gasteiger partial charge in [-0.25, -0.2) is 5.01 Å². The lowest BCUT2D eigenvalue weighted by Gasteiger charge is -2.20. The molecule has 0 aliphatic carbocycles. The summed E-state index contributed by atoms with van der Waals surface area (Å²) in [6.07, 6.45) is 2.18. The van der Waals surface area contributed by atoms with Crippen LogP contribution >= 0.6 is 0 Å². The van der Waals surface area contributed by atoms with Gasteiger partial charge in [-0.3, -0.25) is 4.79 Å². The summed E-state index contributed by atoms with van der Waals surface area (Å²) in [5.41, 5.74) is 3.61. The van der Waals surface area contributed by atoms with E-state index in [-0.39, 0.29) is 18.5 Å². The summed E-state index contributed by atoms with van der Waals surface area (Å²) in [5.74, 6) is 2.00. The highest BCUT2D eigenvalue weighted by molar-refractivity contribution is 6.03. The molecule has 1 atom stereocenters. The summed E-state index contributed by atoms with van der Waals surface area (Å²) < 4.78 is 16.2. The lowest BCUT2D eigenvalue weighted by molar-refractivity contribution is -0.131. The van der Waals surface area contributed by atoms with Gasteiger partial charge in [-0.15, -0.1) is 0 Å². The minimum atomic E-state index is -0.291. The first-order valence-corrected chi connectivity index (χ1v) is 10.0. The Kier molecular flexibility index (Phi) is 5.93. The molecular formula is C24H25N3O4. The first kappa shape index (κ1) is 20.5. The maximum Gasteiger partial charge on any atom is 0.262 e. The molecule has 1 aliphatic heterocycles. The van der Waals surface area contributed by atoms with Gasteiger partial charge in [0.2, 0.25) is 0 Å². The second-order valence-corrected chi connectivity index (χ2v) is 7.31. The van der Waals surface area contributed by atoms with Crippen molar-refractivity contribution in [1.29, 1.82) is 0 Å². The Labute approximate surface area is 181 Å². The van der Waals surface area contributed by atoms with Gasteiger partial charge in [0, 0.05) is 6.42 Å². The molecule has 0 saturated carbocycles. The number of methoxy groups -OCH3 is 2. The maximum absolute atomic E-state index is 13.1. The number of amides is 1. The van der Waals surface area contributed by atoms with Gasteiger partial charge in [0.1, 0.15) is 23.3 Å². The van der Waals surface area contributed by atoms with E-state index in [4.69, 9.17) is 13.9 Å². The average Bonchev–Trinajstić information content (AvgIpc) is 3.47. The Balaban J connectivity index is 1.56. The summed E-state index contributed by atoms with van der Waals surface area (Å²) in [5, 5.41) is 9.34. The molecule has 4 rings (SSSR count). The zero-order chi connectivity index (χ0) is 21.8. The number of ether oxygens (including phenoxy) is 2.